The lowest BCUT2D eigenvalue weighted by molar-refractivity contribution is 0.332. The van der Waals surface area contributed by atoms with Crippen molar-refractivity contribution >= 4 is 57.2 Å². The van der Waals surface area contributed by atoms with E-state index in [0.717, 1.165) is 6.42 Å². The third kappa shape index (κ3) is 6.60. The molecule has 0 unspecified atom stereocenters. The molecule has 0 atom stereocenters. The van der Waals surface area contributed by atoms with E-state index < -0.39 is 0 Å². The minimum absolute atomic E-state index is 0.0293. The Labute approximate surface area is 452 Å². The third-order valence-electron chi connectivity index (χ3n) is 19.1. The van der Waals surface area contributed by atoms with Crippen LogP contribution >= 0.6 is 0 Å². The summed E-state index contributed by atoms with van der Waals surface area (Å²) in [7, 11) is 0. The maximum absolute atomic E-state index is 2.67. The monoisotopic (exact) mass is 985 g/mol. The van der Waals surface area contributed by atoms with Crippen LogP contribution in [0.5, 0.6) is 0 Å². The van der Waals surface area contributed by atoms with Crippen molar-refractivity contribution < 1.29 is 0 Å². The second-order valence-corrected chi connectivity index (χ2v) is 26.5. The number of hydrogen-bond acceptors (Lipinski definition) is 2. The standard InChI is InChI=1S/C73H69BN2/c1-44-39-64-68-65(40-44)76(49-34-29-46(30-35-49)51-22-18-24-55-53-20-14-16-26-57(53)73(11,12)67(51)55)63-43-59-58(70(5,6)37-38-71(59,7)8)42-61(63)74(68)60-41-47(69(2,3)4)31-36-62(60)75(64)48-32-27-45(28-33-48)50-21-17-23-54-52-19-13-15-25-56(52)72(9,10)66(50)54/h13-36,39-43H,37-38H2,1-12H3. The highest BCUT2D eigenvalue weighted by molar-refractivity contribution is 7.00. The Morgan fingerprint density at radius 1 is 0.395 bits per heavy atom. The molecule has 0 radical (unpaired) electrons. The third-order valence-corrected chi connectivity index (χ3v) is 19.1. The number of nitrogens with zero attached hydrogens (tertiary/aromatic N) is 2. The van der Waals surface area contributed by atoms with Gasteiger partial charge in [0.05, 0.1) is 0 Å². The molecular formula is C73H69BN2. The number of fused-ring (bicyclic) bond motifs is 11. The maximum Gasteiger partial charge on any atom is 0.252 e. The van der Waals surface area contributed by atoms with E-state index in [-0.39, 0.29) is 33.8 Å². The van der Waals surface area contributed by atoms with Gasteiger partial charge in [-0.15, -0.1) is 0 Å². The van der Waals surface area contributed by atoms with Crippen LogP contribution in [0, 0.1) is 6.92 Å². The minimum Gasteiger partial charge on any atom is -0.311 e. The Kier molecular flexibility index (Phi) is 9.83. The van der Waals surface area contributed by atoms with E-state index in [1.807, 2.05) is 0 Å². The average Bonchev–Trinajstić information content (AvgIpc) is 3.95. The van der Waals surface area contributed by atoms with E-state index >= 15 is 0 Å². The van der Waals surface area contributed by atoms with Gasteiger partial charge >= 0.3 is 0 Å². The van der Waals surface area contributed by atoms with Crippen molar-refractivity contribution in [2.45, 2.75) is 123 Å². The Bertz CT molecular complexity index is 3930. The van der Waals surface area contributed by atoms with Crippen LogP contribution < -0.4 is 26.2 Å². The largest absolute Gasteiger partial charge is 0.311 e. The molecule has 9 aromatic rings. The van der Waals surface area contributed by atoms with E-state index in [0.29, 0.717) is 0 Å². The number of benzene rings is 9. The summed E-state index contributed by atoms with van der Waals surface area (Å²) in [4.78, 5) is 5.24. The van der Waals surface area contributed by atoms with Crippen LogP contribution in [0.4, 0.5) is 34.1 Å². The fourth-order valence-electron chi connectivity index (χ4n) is 15.0. The predicted molar refractivity (Wildman–Crippen MR) is 325 cm³/mol. The zero-order chi connectivity index (χ0) is 52.6. The maximum atomic E-state index is 2.67. The molecule has 9 aromatic carbocycles. The van der Waals surface area contributed by atoms with Crippen molar-refractivity contribution in [3.8, 4) is 44.5 Å². The molecule has 0 saturated heterocycles. The summed E-state index contributed by atoms with van der Waals surface area (Å²) in [5, 5.41) is 0. The van der Waals surface area contributed by atoms with Gasteiger partial charge in [0.25, 0.3) is 6.71 Å². The van der Waals surface area contributed by atoms with Gasteiger partial charge in [-0.3, -0.25) is 0 Å². The first-order valence-electron chi connectivity index (χ1n) is 28.0. The molecule has 3 heteroatoms. The summed E-state index contributed by atoms with van der Waals surface area (Å²) in [6, 6.07) is 68.6. The van der Waals surface area contributed by atoms with Crippen molar-refractivity contribution in [3.63, 3.8) is 0 Å². The Morgan fingerprint density at radius 2 is 0.829 bits per heavy atom. The van der Waals surface area contributed by atoms with Crippen LogP contribution in [-0.4, -0.2) is 6.71 Å². The van der Waals surface area contributed by atoms with Crippen LogP contribution in [0.2, 0.25) is 0 Å². The normalized spacial score (nSPS) is 17.2. The van der Waals surface area contributed by atoms with Gasteiger partial charge in [0.15, 0.2) is 0 Å². The first-order valence-corrected chi connectivity index (χ1v) is 28.0. The van der Waals surface area contributed by atoms with Crippen LogP contribution in [-0.2, 0) is 27.1 Å². The van der Waals surface area contributed by atoms with Gasteiger partial charge in [-0.05, 0) is 190 Å². The van der Waals surface area contributed by atoms with Gasteiger partial charge < -0.3 is 9.80 Å². The molecule has 2 nitrogen and oxygen atoms in total. The van der Waals surface area contributed by atoms with Crippen molar-refractivity contribution in [3.05, 3.63) is 220 Å². The summed E-state index contributed by atoms with van der Waals surface area (Å²) < 4.78 is 0. The molecular weight excluding hydrogens is 916 g/mol. The lowest BCUT2D eigenvalue weighted by atomic mass is 9.33. The van der Waals surface area contributed by atoms with Crippen molar-refractivity contribution in [1.29, 1.82) is 0 Å². The van der Waals surface area contributed by atoms with Gasteiger partial charge in [0.1, 0.15) is 0 Å². The molecule has 2 heterocycles. The Hall–Kier alpha value is -7.36. The molecule has 0 saturated carbocycles. The smallest absolute Gasteiger partial charge is 0.252 e. The lowest BCUT2D eigenvalue weighted by Gasteiger charge is -2.47. The molecule has 2 aliphatic heterocycles. The molecule has 0 aromatic heterocycles. The molecule has 0 N–H and O–H groups in total. The fraction of sp³-hybridized carbons (Fsp3) is 0.260. The Balaban J connectivity index is 0.973. The van der Waals surface area contributed by atoms with Crippen LogP contribution in [0.15, 0.2) is 176 Å². The molecule has 0 fully saturated rings. The van der Waals surface area contributed by atoms with Gasteiger partial charge in [-0.1, -0.05) is 204 Å². The van der Waals surface area contributed by atoms with E-state index in [1.165, 1.54) is 146 Å². The molecule has 14 rings (SSSR count). The average molecular weight is 985 g/mol. The summed E-state index contributed by atoms with van der Waals surface area (Å²) in [6.45, 7) is 28.9. The lowest BCUT2D eigenvalue weighted by Crippen LogP contribution is -2.62. The molecule has 76 heavy (non-hydrogen) atoms. The van der Waals surface area contributed by atoms with Crippen molar-refractivity contribution in [2.24, 2.45) is 0 Å². The topological polar surface area (TPSA) is 6.48 Å². The van der Waals surface area contributed by atoms with Gasteiger partial charge in [0.2, 0.25) is 0 Å². The van der Waals surface area contributed by atoms with Gasteiger partial charge in [-0.25, -0.2) is 0 Å². The number of hydrogen-bond donors (Lipinski definition) is 0. The molecule has 5 aliphatic rings. The molecule has 0 bridgehead atoms. The fourth-order valence-corrected chi connectivity index (χ4v) is 15.0. The first-order chi connectivity index (χ1) is 36.2. The van der Waals surface area contributed by atoms with E-state index in [2.05, 4.69) is 269 Å². The zero-order valence-electron chi connectivity index (χ0n) is 46.6. The highest BCUT2D eigenvalue weighted by atomic mass is 15.2. The van der Waals surface area contributed by atoms with E-state index in [1.54, 1.807) is 0 Å². The highest BCUT2D eigenvalue weighted by Gasteiger charge is 2.47. The number of rotatable bonds is 4. The molecule has 3 aliphatic carbocycles. The van der Waals surface area contributed by atoms with Crippen molar-refractivity contribution in [1.82, 2.24) is 0 Å². The van der Waals surface area contributed by atoms with Crippen LogP contribution in [0.1, 0.15) is 134 Å². The second-order valence-electron chi connectivity index (χ2n) is 26.5. The van der Waals surface area contributed by atoms with Crippen LogP contribution in [0.25, 0.3) is 44.5 Å². The summed E-state index contributed by atoms with van der Waals surface area (Å²) in [5.41, 5.74) is 33.2. The van der Waals surface area contributed by atoms with Crippen molar-refractivity contribution in [2.75, 3.05) is 9.80 Å². The highest BCUT2D eigenvalue weighted by Crippen LogP contribution is 2.55. The Morgan fingerprint density at radius 3 is 1.33 bits per heavy atom. The summed E-state index contributed by atoms with van der Waals surface area (Å²) in [6.07, 6.45) is 2.33. The SMILES string of the molecule is Cc1cc2c3c(c1)N(c1ccc(-c4cccc5c4C(C)(C)c4ccccc4-5)cc1)c1cc4c(cc1B3c1cc(C(C)(C)C)ccc1N2c1ccc(-c2cccc3c2C(C)(C)c2ccccc2-3)cc1)C(C)(C)CCC4(C)C. The second kappa shape index (κ2) is 15.9. The predicted octanol–water partition coefficient (Wildman–Crippen LogP) is 17.7. The molecule has 0 spiro atoms. The van der Waals surface area contributed by atoms with Gasteiger partial charge in [-0.2, -0.15) is 0 Å². The number of anilines is 6. The summed E-state index contributed by atoms with van der Waals surface area (Å²) in [5.74, 6) is 0. The molecule has 0 amide bonds. The van der Waals surface area contributed by atoms with E-state index in [9.17, 15) is 0 Å². The van der Waals surface area contributed by atoms with Gasteiger partial charge in [0, 0.05) is 45.0 Å². The summed E-state index contributed by atoms with van der Waals surface area (Å²) >= 11 is 0. The quantitative estimate of drug-likeness (QED) is 0.162. The van der Waals surface area contributed by atoms with E-state index in [4.69, 9.17) is 0 Å². The minimum atomic E-state index is -0.108. The zero-order valence-corrected chi connectivity index (χ0v) is 46.6. The molecule has 374 valence electrons. The number of aryl methyl sites for hydroxylation is 1. The first kappa shape index (κ1) is 47.1. The van der Waals surface area contributed by atoms with Crippen LogP contribution in [0.3, 0.4) is 0 Å².